The van der Waals surface area contributed by atoms with E-state index in [0.29, 0.717) is 0 Å². The molecule has 0 unspecified atom stereocenters. The molecule has 2 N–H and O–H groups in total. The first-order valence-electron chi connectivity index (χ1n) is 7.80. The molecular weight excluding hydrogens is 354 g/mol. The molecule has 0 aliphatic heterocycles. The highest BCUT2D eigenvalue weighted by atomic mass is 32.2. The minimum Gasteiger partial charge on any atom is -0.383 e. The van der Waals surface area contributed by atoms with E-state index >= 15 is 0 Å². The summed E-state index contributed by atoms with van der Waals surface area (Å²) < 4.78 is 27.8. The Morgan fingerprint density at radius 2 is 1.80 bits per heavy atom. The molecule has 0 fully saturated rings. The number of nitrogens with one attached hydrogen (secondary N) is 1. The van der Waals surface area contributed by atoms with E-state index in [0.717, 1.165) is 25.9 Å². The number of fused-ring (bicyclic) bond motifs is 1. The van der Waals surface area contributed by atoms with E-state index in [1.807, 2.05) is 60.7 Å². The zero-order valence-electron chi connectivity index (χ0n) is 13.7. The Labute approximate surface area is 151 Å². The number of benzene rings is 2. The van der Waals surface area contributed by atoms with Crippen molar-refractivity contribution in [3.63, 3.8) is 0 Å². The smallest absolute Gasteiger partial charge is 0.233 e. The lowest BCUT2D eigenvalue weighted by atomic mass is 10.1. The fourth-order valence-corrected chi connectivity index (χ4v) is 4.38. The molecule has 1 aromatic heterocycles. The van der Waals surface area contributed by atoms with Crippen molar-refractivity contribution in [2.75, 3.05) is 6.54 Å². The summed E-state index contributed by atoms with van der Waals surface area (Å²) in [6.45, 7) is 1.52. The first-order chi connectivity index (χ1) is 11.9. The molecule has 2 aromatic carbocycles. The molecule has 4 nitrogen and oxygen atoms in total. The highest BCUT2D eigenvalue weighted by Gasteiger charge is 2.27. The highest BCUT2D eigenvalue weighted by Crippen LogP contribution is 2.32. The number of aliphatic hydroxyl groups is 1. The molecule has 1 atom stereocenters. The van der Waals surface area contributed by atoms with Crippen molar-refractivity contribution in [3.8, 4) is 0 Å². The molecule has 6 heteroatoms. The SMILES string of the molecule is C[C@](O)(CNS(=O)(=O)/C=C/c1ccccc1)c1cc2ccccc2s1. The lowest BCUT2D eigenvalue weighted by molar-refractivity contribution is 0.0667. The van der Waals surface area contributed by atoms with Crippen molar-refractivity contribution in [2.24, 2.45) is 0 Å². The van der Waals surface area contributed by atoms with E-state index < -0.39 is 15.6 Å². The van der Waals surface area contributed by atoms with Gasteiger partial charge >= 0.3 is 0 Å². The van der Waals surface area contributed by atoms with Gasteiger partial charge in [0.05, 0.1) is 0 Å². The van der Waals surface area contributed by atoms with E-state index in [1.165, 1.54) is 17.4 Å². The third-order valence-corrected chi connectivity index (χ3v) is 6.22. The zero-order valence-corrected chi connectivity index (χ0v) is 15.3. The number of hydrogen-bond acceptors (Lipinski definition) is 4. The quantitative estimate of drug-likeness (QED) is 0.692. The van der Waals surface area contributed by atoms with Gasteiger partial charge in [0.1, 0.15) is 5.60 Å². The Balaban J connectivity index is 1.71. The molecule has 3 aromatic rings. The monoisotopic (exact) mass is 373 g/mol. The van der Waals surface area contributed by atoms with Gasteiger partial charge in [0.15, 0.2) is 0 Å². The zero-order chi connectivity index (χ0) is 17.9. The Hall–Kier alpha value is -1.99. The summed E-state index contributed by atoms with van der Waals surface area (Å²) >= 11 is 1.46. The van der Waals surface area contributed by atoms with Crippen LogP contribution < -0.4 is 4.72 Å². The predicted octanol–water partition coefficient (Wildman–Crippen LogP) is 3.70. The van der Waals surface area contributed by atoms with Gasteiger partial charge in [0.25, 0.3) is 0 Å². The third kappa shape index (κ3) is 4.55. The summed E-state index contributed by atoms with van der Waals surface area (Å²) in [5, 5.41) is 12.8. The molecule has 0 amide bonds. The first-order valence-corrected chi connectivity index (χ1v) is 10.2. The minimum atomic E-state index is -3.64. The predicted molar refractivity (Wildman–Crippen MR) is 104 cm³/mol. The minimum absolute atomic E-state index is 0.0959. The van der Waals surface area contributed by atoms with Gasteiger partial charge in [-0.05, 0) is 36.1 Å². The Bertz CT molecular complexity index is 957. The third-order valence-electron chi connectivity index (χ3n) is 3.81. The van der Waals surface area contributed by atoms with Crippen LogP contribution in [0.3, 0.4) is 0 Å². The maximum absolute atomic E-state index is 12.1. The van der Waals surface area contributed by atoms with Crippen LogP contribution in [0.1, 0.15) is 17.4 Å². The van der Waals surface area contributed by atoms with E-state index in [-0.39, 0.29) is 6.54 Å². The van der Waals surface area contributed by atoms with Crippen molar-refractivity contribution >= 4 is 37.5 Å². The van der Waals surface area contributed by atoms with Gasteiger partial charge in [-0.2, -0.15) is 0 Å². The molecule has 0 saturated heterocycles. The summed E-state index contributed by atoms with van der Waals surface area (Å²) in [6, 6.07) is 18.9. The molecule has 25 heavy (non-hydrogen) atoms. The molecule has 0 bridgehead atoms. The maximum Gasteiger partial charge on any atom is 0.233 e. The topological polar surface area (TPSA) is 66.4 Å². The van der Waals surface area contributed by atoms with Gasteiger partial charge in [-0.25, -0.2) is 13.1 Å². The lowest BCUT2D eigenvalue weighted by Crippen LogP contribution is -2.37. The summed E-state index contributed by atoms with van der Waals surface area (Å²) in [5.41, 5.74) is -0.485. The van der Waals surface area contributed by atoms with Crippen LogP contribution in [-0.2, 0) is 15.6 Å². The number of thiophene rings is 1. The van der Waals surface area contributed by atoms with Crippen LogP contribution in [0.4, 0.5) is 0 Å². The van der Waals surface area contributed by atoms with Crippen LogP contribution in [0.25, 0.3) is 16.2 Å². The number of rotatable bonds is 6. The van der Waals surface area contributed by atoms with Crippen molar-refractivity contribution in [2.45, 2.75) is 12.5 Å². The van der Waals surface area contributed by atoms with Crippen LogP contribution in [0.2, 0.25) is 0 Å². The molecule has 0 spiro atoms. The van der Waals surface area contributed by atoms with Gasteiger partial charge in [-0.15, -0.1) is 11.3 Å². The second kappa shape index (κ2) is 7.09. The number of sulfonamides is 1. The van der Waals surface area contributed by atoms with E-state index in [2.05, 4.69) is 4.72 Å². The van der Waals surface area contributed by atoms with Crippen molar-refractivity contribution in [3.05, 3.63) is 76.5 Å². The molecule has 130 valence electrons. The summed E-state index contributed by atoms with van der Waals surface area (Å²) in [7, 11) is -3.64. The van der Waals surface area contributed by atoms with Gasteiger partial charge in [0, 0.05) is 21.5 Å². The summed E-state index contributed by atoms with van der Waals surface area (Å²) in [5.74, 6) is 0. The molecule has 0 aliphatic rings. The molecule has 1 heterocycles. The van der Waals surface area contributed by atoms with Gasteiger partial charge < -0.3 is 5.11 Å². The fourth-order valence-electron chi connectivity index (χ4n) is 2.36. The van der Waals surface area contributed by atoms with Crippen LogP contribution >= 0.6 is 11.3 Å². The second-order valence-electron chi connectivity index (χ2n) is 6.00. The second-order valence-corrected chi connectivity index (χ2v) is 8.74. The normalized spacial score (nSPS) is 14.8. The summed E-state index contributed by atoms with van der Waals surface area (Å²) in [4.78, 5) is 0.725. The Morgan fingerprint density at radius 3 is 2.52 bits per heavy atom. The van der Waals surface area contributed by atoms with E-state index in [4.69, 9.17) is 0 Å². The largest absolute Gasteiger partial charge is 0.383 e. The van der Waals surface area contributed by atoms with E-state index in [1.54, 1.807) is 6.92 Å². The van der Waals surface area contributed by atoms with Gasteiger partial charge in [-0.3, -0.25) is 0 Å². The average molecular weight is 373 g/mol. The molecular formula is C19H19NO3S2. The van der Waals surface area contributed by atoms with Crippen LogP contribution in [0.5, 0.6) is 0 Å². The van der Waals surface area contributed by atoms with Gasteiger partial charge in [0.2, 0.25) is 10.0 Å². The van der Waals surface area contributed by atoms with Crippen molar-refractivity contribution in [1.82, 2.24) is 4.72 Å². The first kappa shape index (κ1) is 17.8. The van der Waals surface area contributed by atoms with Gasteiger partial charge in [-0.1, -0.05) is 48.5 Å². The summed E-state index contributed by atoms with van der Waals surface area (Å²) in [6.07, 6.45) is 1.52. The Morgan fingerprint density at radius 1 is 1.12 bits per heavy atom. The van der Waals surface area contributed by atoms with Crippen LogP contribution in [-0.4, -0.2) is 20.1 Å². The maximum atomic E-state index is 12.1. The van der Waals surface area contributed by atoms with Crippen molar-refractivity contribution in [1.29, 1.82) is 0 Å². The highest BCUT2D eigenvalue weighted by molar-refractivity contribution is 7.92. The van der Waals surface area contributed by atoms with Crippen LogP contribution in [0, 0.1) is 0 Å². The molecule has 0 radical (unpaired) electrons. The van der Waals surface area contributed by atoms with Crippen LogP contribution in [0.15, 0.2) is 66.1 Å². The standard InChI is InChI=1S/C19H19NO3S2/c1-19(21,18-13-16-9-5-6-10-17(16)24-18)14-20-25(22,23)12-11-15-7-3-2-4-8-15/h2-13,20-21H,14H2,1H3/b12-11+/t19-/m0/s1. The fraction of sp³-hybridized carbons (Fsp3) is 0.158. The molecule has 0 aliphatic carbocycles. The molecule has 0 saturated carbocycles. The van der Waals surface area contributed by atoms with Crippen molar-refractivity contribution < 1.29 is 13.5 Å². The van der Waals surface area contributed by atoms with E-state index in [9.17, 15) is 13.5 Å². The average Bonchev–Trinajstić information content (AvgIpc) is 3.05. The number of hydrogen-bond donors (Lipinski definition) is 2. The Kier molecular flexibility index (Phi) is 5.06. The lowest BCUT2D eigenvalue weighted by Gasteiger charge is -2.21. The molecule has 3 rings (SSSR count).